The topological polar surface area (TPSA) is 107 Å². The summed E-state index contributed by atoms with van der Waals surface area (Å²) in [5.41, 5.74) is 2.53. The summed E-state index contributed by atoms with van der Waals surface area (Å²) < 4.78 is 27.1. The number of aromatic nitrogens is 3. The summed E-state index contributed by atoms with van der Waals surface area (Å²) in [6, 6.07) is 4.51. The number of esters is 1. The monoisotopic (exact) mass is 584 g/mol. The molecule has 0 spiro atoms. The van der Waals surface area contributed by atoms with Gasteiger partial charge in [-0.15, -0.1) is 0 Å². The Kier molecular flexibility index (Phi) is 10.2. The fourth-order valence-corrected chi connectivity index (χ4v) is 6.37. The van der Waals surface area contributed by atoms with Crippen molar-refractivity contribution in [2.45, 2.75) is 90.7 Å². The second-order valence-electron chi connectivity index (χ2n) is 12.3. The first kappa shape index (κ1) is 31.8. The Morgan fingerprint density at radius 2 is 2.02 bits per heavy atom. The van der Waals surface area contributed by atoms with Crippen LogP contribution < -0.4 is 5.56 Å². The minimum absolute atomic E-state index is 0. The van der Waals surface area contributed by atoms with E-state index in [1.165, 1.54) is 12.1 Å². The zero-order valence-corrected chi connectivity index (χ0v) is 25.4. The van der Waals surface area contributed by atoms with Crippen molar-refractivity contribution >= 4 is 16.9 Å². The minimum atomic E-state index is -0.708. The minimum Gasteiger partial charge on any atom is -0.415 e. The number of piperidine rings is 1. The number of hydrogen-bond donors (Lipinski definition) is 1. The number of halogens is 1. The Balaban J connectivity index is 0.00000405. The summed E-state index contributed by atoms with van der Waals surface area (Å²) in [5, 5.41) is 15.5. The largest absolute Gasteiger partial charge is 0.415 e. The molecule has 0 bridgehead atoms. The molecule has 1 N–H and O–H groups in total. The van der Waals surface area contributed by atoms with Crippen LogP contribution in [-0.4, -0.2) is 56.6 Å². The highest BCUT2D eigenvalue weighted by molar-refractivity contribution is 5.79. The molecule has 42 heavy (non-hydrogen) atoms. The molecule has 2 aliphatic heterocycles. The number of hydrogen-bond acceptors (Lipinski definition) is 7. The van der Waals surface area contributed by atoms with Gasteiger partial charge in [0, 0.05) is 60.9 Å². The smallest absolute Gasteiger partial charge is 0.310 e. The molecule has 1 aromatic carbocycles. The van der Waals surface area contributed by atoms with Gasteiger partial charge in [-0.05, 0) is 44.2 Å². The first-order valence-electron chi connectivity index (χ1n) is 15.0. The molecule has 2 aromatic heterocycles. The molecule has 0 saturated carbocycles. The molecular formula is C32H45FN4O5. The van der Waals surface area contributed by atoms with Crippen LogP contribution in [0, 0.1) is 26.1 Å². The van der Waals surface area contributed by atoms with E-state index in [4.69, 9.17) is 9.26 Å². The van der Waals surface area contributed by atoms with E-state index in [9.17, 15) is 19.1 Å². The fraction of sp³-hybridized carbons (Fsp3) is 0.594. The maximum Gasteiger partial charge on any atom is 0.310 e. The van der Waals surface area contributed by atoms with Crippen LogP contribution in [0.15, 0.2) is 27.5 Å². The summed E-state index contributed by atoms with van der Waals surface area (Å²) in [5.74, 6) is 0.608. The van der Waals surface area contributed by atoms with Crippen LogP contribution in [0.25, 0.3) is 11.0 Å². The van der Waals surface area contributed by atoms with Gasteiger partial charge in [0.05, 0.1) is 25.3 Å². The second kappa shape index (κ2) is 13.5. The summed E-state index contributed by atoms with van der Waals surface area (Å²) in [4.78, 5) is 30.7. The van der Waals surface area contributed by atoms with E-state index >= 15 is 0 Å². The van der Waals surface area contributed by atoms with Crippen LogP contribution in [0.2, 0.25) is 0 Å². The summed E-state index contributed by atoms with van der Waals surface area (Å²) >= 11 is 0. The molecule has 0 radical (unpaired) electrons. The zero-order valence-electron chi connectivity index (χ0n) is 25.4. The van der Waals surface area contributed by atoms with Crippen LogP contribution in [0.5, 0.6) is 0 Å². The Labute approximate surface area is 247 Å². The quantitative estimate of drug-likeness (QED) is 0.194. The lowest BCUT2D eigenvalue weighted by Gasteiger charge is -2.42. The van der Waals surface area contributed by atoms with Gasteiger partial charge in [0.1, 0.15) is 17.7 Å². The third-order valence-electron chi connectivity index (χ3n) is 8.91. The van der Waals surface area contributed by atoms with Gasteiger partial charge in [-0.3, -0.25) is 18.6 Å². The third kappa shape index (κ3) is 6.92. The van der Waals surface area contributed by atoms with Gasteiger partial charge in [0.15, 0.2) is 5.58 Å². The number of carbonyl (C=O) groups excluding carboxylic acids is 1. The lowest BCUT2D eigenvalue weighted by molar-refractivity contribution is -0.948. The first-order valence-corrected chi connectivity index (χ1v) is 15.0. The Morgan fingerprint density at radius 1 is 1.26 bits per heavy atom. The molecule has 1 unspecified atom stereocenters. The third-order valence-corrected chi connectivity index (χ3v) is 8.91. The molecule has 9 nitrogen and oxygen atoms in total. The predicted octanol–water partition coefficient (Wildman–Crippen LogP) is 5.37. The van der Waals surface area contributed by atoms with Gasteiger partial charge < -0.3 is 21.8 Å². The molecule has 1 saturated heterocycles. The second-order valence-corrected chi connectivity index (χ2v) is 12.3. The van der Waals surface area contributed by atoms with E-state index in [-0.39, 0.29) is 37.4 Å². The van der Waals surface area contributed by atoms with Crippen molar-refractivity contribution in [1.82, 2.24) is 14.7 Å². The highest BCUT2D eigenvalue weighted by atomic mass is 19.1. The van der Waals surface area contributed by atoms with Crippen LogP contribution in [0.1, 0.15) is 93.6 Å². The molecular weight excluding hydrogens is 539 g/mol. The first-order chi connectivity index (χ1) is 19.7. The van der Waals surface area contributed by atoms with Crippen molar-refractivity contribution in [1.29, 1.82) is 0 Å². The van der Waals surface area contributed by atoms with E-state index in [2.05, 4.69) is 24.0 Å². The maximum absolute atomic E-state index is 13.7. The number of carbonyl (C=O) groups is 1. The zero-order chi connectivity index (χ0) is 29.1. The Hall–Kier alpha value is -3.11. The van der Waals surface area contributed by atoms with Crippen molar-refractivity contribution in [2.24, 2.45) is 5.92 Å². The number of aliphatic hydroxyl groups is 1. The van der Waals surface area contributed by atoms with Crippen LogP contribution in [0.3, 0.4) is 0 Å². The molecule has 0 amide bonds. The van der Waals surface area contributed by atoms with Gasteiger partial charge >= 0.3 is 5.97 Å². The van der Waals surface area contributed by atoms with Crippen molar-refractivity contribution in [3.63, 3.8) is 0 Å². The van der Waals surface area contributed by atoms with E-state index in [0.29, 0.717) is 65.4 Å². The molecule has 10 heteroatoms. The number of likely N-dealkylation sites (tertiary alicyclic amines) is 1. The van der Waals surface area contributed by atoms with E-state index in [1.54, 1.807) is 10.6 Å². The van der Waals surface area contributed by atoms with Crippen LogP contribution in [0.4, 0.5) is 4.39 Å². The van der Waals surface area contributed by atoms with E-state index < -0.39 is 6.10 Å². The lowest BCUT2D eigenvalue weighted by atomic mass is 9.90. The van der Waals surface area contributed by atoms with Gasteiger partial charge in [-0.2, -0.15) is 0 Å². The van der Waals surface area contributed by atoms with Gasteiger partial charge in [0.25, 0.3) is 5.56 Å². The van der Waals surface area contributed by atoms with Crippen molar-refractivity contribution < 1.29 is 28.0 Å². The summed E-state index contributed by atoms with van der Waals surface area (Å²) in [6.45, 7) is 9.08. The number of aliphatic hydroxyl groups excluding tert-OH is 1. The standard InChI is InChI=1S/C31H42FN4O5.CH3/c1-20(2)6-4-8-28(38)40-19-36(17-13-24-21(3)33-30-26(37)7-5-14-35(30)31(24)39)15-11-22(12-16-36)29-25-10-9-23(32)18-27(25)41-34-29;/h9-10,18,20,22,26,37H,4-8,11-17,19H2,1-3H3;1H3/q+1;-1. The van der Waals surface area contributed by atoms with E-state index in [0.717, 1.165) is 56.3 Å². The lowest BCUT2D eigenvalue weighted by Crippen LogP contribution is -2.55. The molecule has 230 valence electrons. The number of benzene rings is 1. The molecule has 0 aliphatic carbocycles. The SMILES string of the molecule is Cc1nc2n(c(=O)c1CC[N+]1(COC(=O)CCCC(C)C)CCC(c3noc4cc(F)ccc34)CC1)CCCC2O.[CH3-]. The maximum atomic E-state index is 13.7. The van der Waals surface area contributed by atoms with Crippen molar-refractivity contribution in [3.8, 4) is 0 Å². The number of fused-ring (bicyclic) bond motifs is 2. The number of rotatable bonds is 10. The number of aryl methyl sites for hydroxylation is 1. The molecule has 1 fully saturated rings. The normalized spacial score (nSPS) is 22.1. The number of ether oxygens (including phenoxy) is 1. The van der Waals surface area contributed by atoms with Crippen LogP contribution >= 0.6 is 0 Å². The highest BCUT2D eigenvalue weighted by Gasteiger charge is 2.38. The van der Waals surface area contributed by atoms with Gasteiger partial charge in [-0.1, -0.05) is 25.4 Å². The van der Waals surface area contributed by atoms with Crippen molar-refractivity contribution in [2.75, 3.05) is 26.4 Å². The predicted molar refractivity (Wildman–Crippen MR) is 158 cm³/mol. The fourth-order valence-electron chi connectivity index (χ4n) is 6.37. The summed E-state index contributed by atoms with van der Waals surface area (Å²) in [7, 11) is 0. The molecule has 5 rings (SSSR count). The number of quaternary nitrogens is 1. The highest BCUT2D eigenvalue weighted by Crippen LogP contribution is 2.35. The summed E-state index contributed by atoms with van der Waals surface area (Å²) in [6.07, 6.45) is 4.96. The van der Waals surface area contributed by atoms with Crippen molar-refractivity contribution in [3.05, 3.63) is 64.6 Å². The Morgan fingerprint density at radius 3 is 2.76 bits per heavy atom. The molecule has 2 aliphatic rings. The van der Waals surface area contributed by atoms with E-state index in [1.807, 2.05) is 6.92 Å². The Bertz CT molecular complexity index is 1440. The molecule has 1 atom stereocenters. The average molecular weight is 585 g/mol. The van der Waals surface area contributed by atoms with Gasteiger partial charge in [0.2, 0.25) is 6.73 Å². The number of nitrogens with zero attached hydrogens (tertiary/aromatic N) is 4. The average Bonchev–Trinajstić information content (AvgIpc) is 3.36. The van der Waals surface area contributed by atoms with Crippen LogP contribution in [-0.2, 0) is 22.5 Å². The van der Waals surface area contributed by atoms with Gasteiger partial charge in [-0.25, -0.2) is 9.37 Å². The molecule has 4 heterocycles. The molecule has 3 aromatic rings.